The van der Waals surface area contributed by atoms with E-state index < -0.39 is 6.61 Å². The van der Waals surface area contributed by atoms with Crippen LogP contribution < -0.4 is 10.1 Å². The van der Waals surface area contributed by atoms with Crippen molar-refractivity contribution in [1.82, 2.24) is 14.6 Å². The van der Waals surface area contributed by atoms with Crippen LogP contribution in [0.15, 0.2) is 53.7 Å². The maximum absolute atomic E-state index is 12.5. The Morgan fingerprint density at radius 3 is 2.81 bits per heavy atom. The second kappa shape index (κ2) is 7.49. The lowest BCUT2D eigenvalue weighted by molar-refractivity contribution is -0.113. The third kappa shape index (κ3) is 3.71. The highest BCUT2D eigenvalue weighted by Gasteiger charge is 2.15. The first-order valence-corrected chi connectivity index (χ1v) is 9.61. The van der Waals surface area contributed by atoms with Gasteiger partial charge < -0.3 is 10.1 Å². The molecule has 0 saturated heterocycles. The number of ether oxygens (including phenoxy) is 1. The van der Waals surface area contributed by atoms with Crippen molar-refractivity contribution in [2.75, 3.05) is 11.1 Å². The molecular weight excluding hydrogens is 394 g/mol. The highest BCUT2D eigenvalue weighted by molar-refractivity contribution is 7.99. The molecule has 0 spiro atoms. The van der Waals surface area contributed by atoms with E-state index in [1.54, 1.807) is 12.1 Å². The van der Waals surface area contributed by atoms with Crippen molar-refractivity contribution in [3.63, 3.8) is 0 Å². The number of thiazole rings is 1. The van der Waals surface area contributed by atoms with E-state index in [-0.39, 0.29) is 23.1 Å². The van der Waals surface area contributed by atoms with Crippen molar-refractivity contribution in [3.8, 4) is 5.75 Å². The largest absolute Gasteiger partial charge is 0.433 e. The molecule has 1 N–H and O–H groups in total. The Balaban J connectivity index is 1.48. The number of amides is 1. The molecule has 2 aromatic heterocycles. The molecule has 0 saturated carbocycles. The molecule has 2 aromatic carbocycles. The molecule has 2 heterocycles. The molecule has 4 aromatic rings. The molecular formula is C17H12F2N4O2S2. The van der Waals surface area contributed by atoms with Gasteiger partial charge in [0.2, 0.25) is 10.9 Å². The zero-order valence-corrected chi connectivity index (χ0v) is 15.3. The highest BCUT2D eigenvalue weighted by atomic mass is 32.2. The van der Waals surface area contributed by atoms with Crippen LogP contribution in [-0.2, 0) is 4.79 Å². The average molecular weight is 406 g/mol. The van der Waals surface area contributed by atoms with Crippen molar-refractivity contribution in [1.29, 1.82) is 0 Å². The Morgan fingerprint density at radius 2 is 1.96 bits per heavy atom. The summed E-state index contributed by atoms with van der Waals surface area (Å²) in [5.74, 6) is -0.394. The van der Waals surface area contributed by atoms with E-state index in [4.69, 9.17) is 0 Å². The summed E-state index contributed by atoms with van der Waals surface area (Å²) >= 11 is 2.73. The third-order valence-electron chi connectivity index (χ3n) is 3.62. The number of hydrogen-bond acceptors (Lipinski definition) is 6. The number of nitrogens with zero attached hydrogens (tertiary/aromatic N) is 3. The van der Waals surface area contributed by atoms with Crippen molar-refractivity contribution < 1.29 is 18.3 Å². The second-order valence-corrected chi connectivity index (χ2v) is 7.33. The third-order valence-corrected chi connectivity index (χ3v) is 5.56. The molecule has 1 amide bonds. The molecule has 0 bridgehead atoms. The van der Waals surface area contributed by atoms with Gasteiger partial charge in [0.1, 0.15) is 5.75 Å². The zero-order chi connectivity index (χ0) is 18.8. The van der Waals surface area contributed by atoms with Gasteiger partial charge in [-0.25, -0.2) is 0 Å². The van der Waals surface area contributed by atoms with Crippen molar-refractivity contribution in [3.05, 3.63) is 48.5 Å². The van der Waals surface area contributed by atoms with Crippen LogP contribution in [0.4, 0.5) is 14.5 Å². The molecule has 0 aliphatic carbocycles. The number of alkyl halides is 2. The minimum Gasteiger partial charge on any atom is -0.433 e. The maximum Gasteiger partial charge on any atom is 0.387 e. The van der Waals surface area contributed by atoms with Crippen LogP contribution in [0.2, 0.25) is 0 Å². The number of halogens is 2. The molecule has 6 nitrogen and oxygen atoms in total. The Kier molecular flexibility index (Phi) is 4.90. The molecule has 27 heavy (non-hydrogen) atoms. The van der Waals surface area contributed by atoms with Crippen LogP contribution in [0, 0.1) is 0 Å². The van der Waals surface area contributed by atoms with Gasteiger partial charge in [0.25, 0.3) is 0 Å². The number of nitrogens with one attached hydrogen (secondary N) is 1. The number of rotatable bonds is 6. The molecule has 0 fully saturated rings. The van der Waals surface area contributed by atoms with E-state index in [0.29, 0.717) is 5.16 Å². The predicted molar refractivity (Wildman–Crippen MR) is 101 cm³/mol. The van der Waals surface area contributed by atoms with Gasteiger partial charge in [-0.1, -0.05) is 47.4 Å². The topological polar surface area (TPSA) is 68.5 Å². The molecule has 0 aliphatic heterocycles. The smallest absolute Gasteiger partial charge is 0.387 e. The first kappa shape index (κ1) is 17.7. The molecule has 4 rings (SSSR count). The van der Waals surface area contributed by atoms with E-state index in [2.05, 4.69) is 20.3 Å². The van der Waals surface area contributed by atoms with E-state index in [0.717, 1.165) is 15.2 Å². The SMILES string of the molecule is O=C(CSc1nnc2sc3ccccc3n12)Nc1ccccc1OC(F)F. The summed E-state index contributed by atoms with van der Waals surface area (Å²) in [6.45, 7) is -2.96. The summed E-state index contributed by atoms with van der Waals surface area (Å²) in [7, 11) is 0. The summed E-state index contributed by atoms with van der Waals surface area (Å²) in [5, 5.41) is 11.4. The lowest BCUT2D eigenvalue weighted by atomic mass is 10.3. The second-order valence-electron chi connectivity index (χ2n) is 5.38. The van der Waals surface area contributed by atoms with Crippen molar-refractivity contribution in [2.45, 2.75) is 11.8 Å². The molecule has 0 unspecified atom stereocenters. The summed E-state index contributed by atoms with van der Waals surface area (Å²) < 4.78 is 32.3. The Morgan fingerprint density at radius 1 is 1.19 bits per heavy atom. The number of thioether (sulfide) groups is 1. The van der Waals surface area contributed by atoms with Gasteiger partial charge in [0.05, 0.1) is 21.7 Å². The standard InChI is InChI=1S/C17H12F2N4O2S2/c18-15(19)25-12-7-3-1-5-10(12)20-14(24)9-26-16-21-22-17-23(16)11-6-2-4-8-13(11)27-17/h1-8,15H,9H2,(H,20,24). The van der Waals surface area contributed by atoms with Gasteiger partial charge >= 0.3 is 6.61 Å². The van der Waals surface area contributed by atoms with Gasteiger partial charge in [-0.05, 0) is 24.3 Å². The fourth-order valence-corrected chi connectivity index (χ4v) is 4.30. The average Bonchev–Trinajstić information content (AvgIpc) is 3.20. The molecule has 0 aliphatic rings. The van der Waals surface area contributed by atoms with Crippen LogP contribution in [0.25, 0.3) is 15.2 Å². The first-order chi connectivity index (χ1) is 13.1. The molecule has 10 heteroatoms. The lowest BCUT2D eigenvalue weighted by Crippen LogP contribution is -2.15. The first-order valence-electron chi connectivity index (χ1n) is 7.81. The molecule has 138 valence electrons. The number of hydrogen-bond donors (Lipinski definition) is 1. The van der Waals surface area contributed by atoms with Crippen LogP contribution in [-0.4, -0.2) is 32.9 Å². The minimum atomic E-state index is -2.96. The highest BCUT2D eigenvalue weighted by Crippen LogP contribution is 2.30. The number of fused-ring (bicyclic) bond motifs is 3. The van der Waals surface area contributed by atoms with E-state index in [1.165, 1.54) is 35.2 Å². The number of benzene rings is 2. The van der Waals surface area contributed by atoms with Crippen LogP contribution in [0.5, 0.6) is 5.75 Å². The van der Waals surface area contributed by atoms with Crippen LogP contribution in [0.1, 0.15) is 0 Å². The summed E-state index contributed by atoms with van der Waals surface area (Å²) in [6, 6.07) is 13.9. The number of carbonyl (C=O) groups excluding carboxylic acids is 1. The number of aromatic nitrogens is 3. The fourth-order valence-electron chi connectivity index (χ4n) is 2.53. The molecule has 0 radical (unpaired) electrons. The Hall–Kier alpha value is -2.72. The van der Waals surface area contributed by atoms with E-state index in [1.807, 2.05) is 28.7 Å². The predicted octanol–water partition coefficient (Wildman–Crippen LogP) is 4.28. The van der Waals surface area contributed by atoms with E-state index in [9.17, 15) is 13.6 Å². The van der Waals surface area contributed by atoms with Gasteiger partial charge in [-0.15, -0.1) is 10.2 Å². The fraction of sp³-hybridized carbons (Fsp3) is 0.118. The van der Waals surface area contributed by atoms with Gasteiger partial charge in [0, 0.05) is 0 Å². The quantitative estimate of drug-likeness (QED) is 0.484. The normalized spacial score (nSPS) is 11.4. The Labute approximate surface area is 160 Å². The number of anilines is 1. The summed E-state index contributed by atoms with van der Waals surface area (Å²) in [6.07, 6.45) is 0. The number of carbonyl (C=O) groups is 1. The Bertz CT molecular complexity index is 1110. The minimum absolute atomic E-state index is 0.0496. The number of para-hydroxylation sites is 3. The van der Waals surface area contributed by atoms with E-state index >= 15 is 0 Å². The monoisotopic (exact) mass is 406 g/mol. The molecule has 0 atom stereocenters. The van der Waals surface area contributed by atoms with Gasteiger partial charge in [-0.2, -0.15) is 8.78 Å². The van der Waals surface area contributed by atoms with Gasteiger partial charge in [0.15, 0.2) is 5.16 Å². The van der Waals surface area contributed by atoms with Crippen molar-refractivity contribution in [2.24, 2.45) is 0 Å². The maximum atomic E-state index is 12.5. The van der Waals surface area contributed by atoms with Gasteiger partial charge in [-0.3, -0.25) is 9.20 Å². The van der Waals surface area contributed by atoms with Crippen LogP contribution in [0.3, 0.4) is 0 Å². The zero-order valence-electron chi connectivity index (χ0n) is 13.6. The summed E-state index contributed by atoms with van der Waals surface area (Å²) in [5.41, 5.74) is 1.16. The lowest BCUT2D eigenvalue weighted by Gasteiger charge is -2.11. The van der Waals surface area contributed by atoms with Crippen LogP contribution >= 0.6 is 23.1 Å². The van der Waals surface area contributed by atoms with Crippen molar-refractivity contribution >= 4 is 49.9 Å². The summed E-state index contributed by atoms with van der Waals surface area (Å²) in [4.78, 5) is 13.0.